The first-order valence-corrected chi connectivity index (χ1v) is 8.75. The lowest BCUT2D eigenvalue weighted by atomic mass is 9.74. The highest BCUT2D eigenvalue weighted by Crippen LogP contribution is 2.33. The zero-order valence-electron chi connectivity index (χ0n) is 13.2. The summed E-state index contributed by atoms with van der Waals surface area (Å²) in [7, 11) is 0. The van der Waals surface area contributed by atoms with Crippen LogP contribution in [0.5, 0.6) is 0 Å². The summed E-state index contributed by atoms with van der Waals surface area (Å²) < 4.78 is 1.20. The van der Waals surface area contributed by atoms with Crippen molar-refractivity contribution in [2.24, 2.45) is 17.8 Å². The van der Waals surface area contributed by atoms with E-state index in [1.165, 1.54) is 34.9 Å². The van der Waals surface area contributed by atoms with Gasteiger partial charge < -0.3 is 5.32 Å². The average Bonchev–Trinajstić information content (AvgIpc) is 2.40. The zero-order valence-corrected chi connectivity index (χ0v) is 14.8. The van der Waals surface area contributed by atoms with Crippen molar-refractivity contribution in [3.05, 3.63) is 33.8 Å². The van der Waals surface area contributed by atoms with Crippen LogP contribution in [0.4, 0.5) is 0 Å². The van der Waals surface area contributed by atoms with E-state index in [1.807, 2.05) is 0 Å². The van der Waals surface area contributed by atoms with Gasteiger partial charge in [0.25, 0.3) is 0 Å². The molecule has 1 fully saturated rings. The minimum absolute atomic E-state index is 0.683. The van der Waals surface area contributed by atoms with Gasteiger partial charge in [-0.3, -0.25) is 0 Å². The number of rotatable bonds is 4. The molecule has 0 saturated heterocycles. The van der Waals surface area contributed by atoms with Gasteiger partial charge in [0.1, 0.15) is 0 Å². The summed E-state index contributed by atoms with van der Waals surface area (Å²) in [4.78, 5) is 0. The van der Waals surface area contributed by atoms with Crippen LogP contribution in [-0.2, 0) is 6.54 Å². The fraction of sp³-hybridized carbons (Fsp3) is 0.667. The van der Waals surface area contributed by atoms with Gasteiger partial charge in [-0.25, -0.2) is 0 Å². The van der Waals surface area contributed by atoms with Gasteiger partial charge in [0.15, 0.2) is 0 Å². The number of hydrogen-bond donors (Lipinski definition) is 1. The number of aryl methyl sites for hydroxylation is 1. The molecule has 0 spiro atoms. The van der Waals surface area contributed by atoms with E-state index in [0.717, 1.165) is 24.3 Å². The molecule has 0 bridgehead atoms. The molecule has 3 atom stereocenters. The molecule has 1 saturated carbocycles. The van der Waals surface area contributed by atoms with Crippen molar-refractivity contribution in [1.29, 1.82) is 0 Å². The molecule has 1 aromatic rings. The summed E-state index contributed by atoms with van der Waals surface area (Å²) in [5.41, 5.74) is 2.72. The maximum absolute atomic E-state index is 3.83. The monoisotopic (exact) mass is 337 g/mol. The maximum atomic E-state index is 3.83. The Morgan fingerprint density at radius 1 is 1.30 bits per heavy atom. The number of hydrogen-bond acceptors (Lipinski definition) is 1. The molecule has 1 aromatic carbocycles. The van der Waals surface area contributed by atoms with Gasteiger partial charge in [-0.15, -0.1) is 0 Å². The molecule has 0 aliphatic heterocycles. The topological polar surface area (TPSA) is 12.0 Å². The Kier molecular flexibility index (Phi) is 5.68. The van der Waals surface area contributed by atoms with Crippen molar-refractivity contribution in [2.75, 3.05) is 0 Å². The molecular weight excluding hydrogens is 310 g/mol. The van der Waals surface area contributed by atoms with Gasteiger partial charge >= 0.3 is 0 Å². The fourth-order valence-corrected chi connectivity index (χ4v) is 3.75. The Bertz CT molecular complexity index is 441. The van der Waals surface area contributed by atoms with Crippen molar-refractivity contribution in [3.8, 4) is 0 Å². The first-order valence-electron chi connectivity index (χ1n) is 7.95. The Morgan fingerprint density at radius 2 is 2.05 bits per heavy atom. The normalized spacial score (nSPS) is 27.0. The van der Waals surface area contributed by atoms with Crippen LogP contribution in [0.2, 0.25) is 0 Å². The third kappa shape index (κ3) is 4.08. The van der Waals surface area contributed by atoms with E-state index < -0.39 is 0 Å². The second kappa shape index (κ2) is 7.09. The quantitative estimate of drug-likeness (QED) is 0.785. The molecule has 112 valence electrons. The third-order valence-electron chi connectivity index (χ3n) is 4.81. The molecule has 0 aromatic heterocycles. The molecule has 3 unspecified atom stereocenters. The van der Waals surface area contributed by atoms with E-state index >= 15 is 0 Å². The van der Waals surface area contributed by atoms with Gasteiger partial charge in [-0.05, 0) is 54.7 Å². The van der Waals surface area contributed by atoms with Gasteiger partial charge in [0.05, 0.1) is 0 Å². The molecule has 20 heavy (non-hydrogen) atoms. The van der Waals surface area contributed by atoms with E-state index in [-0.39, 0.29) is 0 Å². The van der Waals surface area contributed by atoms with Crippen LogP contribution in [0.3, 0.4) is 0 Å². The highest BCUT2D eigenvalue weighted by Gasteiger charge is 2.30. The Hall–Kier alpha value is -0.340. The summed E-state index contributed by atoms with van der Waals surface area (Å²) in [6.45, 7) is 10.3. The molecule has 1 nitrogen and oxygen atoms in total. The smallest absolute Gasteiger partial charge is 0.0208 e. The highest BCUT2D eigenvalue weighted by molar-refractivity contribution is 9.10. The highest BCUT2D eigenvalue weighted by atomic mass is 79.9. The van der Waals surface area contributed by atoms with Crippen molar-refractivity contribution in [3.63, 3.8) is 0 Å². The minimum Gasteiger partial charge on any atom is -0.310 e. The van der Waals surface area contributed by atoms with Crippen LogP contribution in [-0.4, -0.2) is 6.04 Å². The molecule has 1 N–H and O–H groups in total. The van der Waals surface area contributed by atoms with Crippen LogP contribution >= 0.6 is 15.9 Å². The van der Waals surface area contributed by atoms with E-state index in [9.17, 15) is 0 Å². The zero-order chi connectivity index (χ0) is 14.7. The standard InChI is InChI=1S/C18H28BrN/c1-12(2)16-7-5-13(3)9-18(16)20-11-15-6-8-17(19)14(4)10-15/h6,8,10,12-13,16,18,20H,5,7,9,11H2,1-4H3. The predicted octanol–water partition coefficient (Wildman–Crippen LogP) is 5.31. The molecule has 1 aliphatic carbocycles. The summed E-state index contributed by atoms with van der Waals surface area (Å²) in [6, 6.07) is 7.35. The lowest BCUT2D eigenvalue weighted by Gasteiger charge is -2.38. The second-order valence-corrected chi connectivity index (χ2v) is 7.75. The van der Waals surface area contributed by atoms with E-state index in [0.29, 0.717) is 6.04 Å². The lowest BCUT2D eigenvalue weighted by molar-refractivity contribution is 0.169. The third-order valence-corrected chi connectivity index (χ3v) is 5.70. The molecule has 0 amide bonds. The van der Waals surface area contributed by atoms with Crippen LogP contribution in [0.25, 0.3) is 0 Å². The summed E-state index contributed by atoms with van der Waals surface area (Å²) in [5, 5.41) is 3.83. The number of benzene rings is 1. The van der Waals surface area contributed by atoms with Crippen LogP contribution in [0.15, 0.2) is 22.7 Å². The Labute approximate surface area is 132 Å². The predicted molar refractivity (Wildman–Crippen MR) is 90.8 cm³/mol. The Morgan fingerprint density at radius 3 is 2.70 bits per heavy atom. The summed E-state index contributed by atoms with van der Waals surface area (Å²) in [6.07, 6.45) is 4.12. The second-order valence-electron chi connectivity index (χ2n) is 6.90. The first kappa shape index (κ1) is 16.0. The van der Waals surface area contributed by atoms with Crippen LogP contribution < -0.4 is 5.32 Å². The first-order chi connectivity index (χ1) is 9.47. The van der Waals surface area contributed by atoms with E-state index in [2.05, 4.69) is 67.1 Å². The van der Waals surface area contributed by atoms with Gasteiger partial charge in [-0.1, -0.05) is 55.3 Å². The molecule has 2 heteroatoms. The fourth-order valence-electron chi connectivity index (χ4n) is 3.50. The maximum Gasteiger partial charge on any atom is 0.0208 e. The lowest BCUT2D eigenvalue weighted by Crippen LogP contribution is -2.42. The SMILES string of the molecule is Cc1cc(CNC2CC(C)CCC2C(C)C)ccc1Br. The molecule has 1 aliphatic rings. The van der Waals surface area contributed by atoms with E-state index in [1.54, 1.807) is 0 Å². The summed E-state index contributed by atoms with van der Waals surface area (Å²) in [5.74, 6) is 2.49. The number of halogens is 1. The van der Waals surface area contributed by atoms with E-state index in [4.69, 9.17) is 0 Å². The van der Waals surface area contributed by atoms with Crippen LogP contribution in [0, 0.1) is 24.7 Å². The average molecular weight is 338 g/mol. The summed E-state index contributed by atoms with van der Waals surface area (Å²) >= 11 is 3.57. The van der Waals surface area contributed by atoms with Crippen molar-refractivity contribution in [2.45, 2.75) is 59.5 Å². The molecule has 2 rings (SSSR count). The Balaban J connectivity index is 1.98. The minimum atomic E-state index is 0.683. The van der Waals surface area contributed by atoms with Crippen molar-refractivity contribution < 1.29 is 0 Å². The van der Waals surface area contributed by atoms with Crippen molar-refractivity contribution >= 4 is 15.9 Å². The van der Waals surface area contributed by atoms with Gasteiger partial charge in [0, 0.05) is 17.1 Å². The van der Waals surface area contributed by atoms with Gasteiger partial charge in [0.2, 0.25) is 0 Å². The van der Waals surface area contributed by atoms with Crippen LogP contribution in [0.1, 0.15) is 51.2 Å². The molecular formula is C18H28BrN. The largest absolute Gasteiger partial charge is 0.310 e. The molecule has 0 heterocycles. The van der Waals surface area contributed by atoms with Crippen molar-refractivity contribution in [1.82, 2.24) is 5.32 Å². The van der Waals surface area contributed by atoms with Gasteiger partial charge in [-0.2, -0.15) is 0 Å². The molecule has 0 radical (unpaired) electrons. The number of nitrogens with one attached hydrogen (secondary N) is 1.